The minimum absolute atomic E-state index is 0.0307. The standard InChI is InChI=1S/C14H16N4O2S/c1-11(18-10-15-9-16-18)14(20)17(2)7-13-6-12(8-21-13)4-3-5-19/h6,8-11,19H,5,7H2,1-2H3. The molecule has 2 heterocycles. The van der Waals surface area contributed by atoms with Crippen LogP contribution in [0.2, 0.25) is 0 Å². The van der Waals surface area contributed by atoms with Gasteiger partial charge in [0.05, 0.1) is 6.54 Å². The number of hydrogen-bond acceptors (Lipinski definition) is 5. The van der Waals surface area contributed by atoms with E-state index in [0.29, 0.717) is 6.54 Å². The first-order chi connectivity index (χ1) is 10.1. The summed E-state index contributed by atoms with van der Waals surface area (Å²) in [5.41, 5.74) is 0.856. The lowest BCUT2D eigenvalue weighted by Crippen LogP contribution is -2.32. The summed E-state index contributed by atoms with van der Waals surface area (Å²) >= 11 is 1.54. The Bertz CT molecular complexity index is 654. The number of aliphatic hydroxyl groups is 1. The minimum Gasteiger partial charge on any atom is -0.384 e. The minimum atomic E-state index is -0.383. The van der Waals surface area contributed by atoms with Crippen molar-refractivity contribution in [1.29, 1.82) is 0 Å². The van der Waals surface area contributed by atoms with Gasteiger partial charge in [-0.3, -0.25) is 4.79 Å². The number of aliphatic hydroxyl groups excluding tert-OH is 1. The van der Waals surface area contributed by atoms with E-state index in [0.717, 1.165) is 10.4 Å². The molecule has 0 bridgehead atoms. The van der Waals surface area contributed by atoms with Gasteiger partial charge in [-0.05, 0) is 13.0 Å². The molecule has 0 aliphatic rings. The second kappa shape index (κ2) is 7.02. The number of nitrogens with zero attached hydrogens (tertiary/aromatic N) is 4. The Morgan fingerprint density at radius 3 is 3.10 bits per heavy atom. The average molecular weight is 304 g/mol. The van der Waals surface area contributed by atoms with Crippen LogP contribution in [0.15, 0.2) is 24.1 Å². The predicted octanol–water partition coefficient (Wildman–Crippen LogP) is 0.903. The number of rotatable bonds is 4. The Hall–Kier alpha value is -2.17. The van der Waals surface area contributed by atoms with Crippen molar-refractivity contribution in [1.82, 2.24) is 19.7 Å². The van der Waals surface area contributed by atoms with Crippen LogP contribution in [-0.4, -0.2) is 44.3 Å². The smallest absolute Gasteiger partial charge is 0.247 e. The molecule has 0 spiro atoms. The van der Waals surface area contributed by atoms with Crippen molar-refractivity contribution < 1.29 is 9.90 Å². The molecule has 2 rings (SSSR count). The number of hydrogen-bond donors (Lipinski definition) is 1. The van der Waals surface area contributed by atoms with Gasteiger partial charge in [-0.25, -0.2) is 9.67 Å². The summed E-state index contributed by atoms with van der Waals surface area (Å²) in [4.78, 5) is 18.8. The molecule has 2 aromatic heterocycles. The molecule has 0 saturated heterocycles. The maximum absolute atomic E-state index is 12.3. The fourth-order valence-corrected chi connectivity index (χ4v) is 2.70. The fourth-order valence-electron chi connectivity index (χ4n) is 1.83. The Balaban J connectivity index is 1.99. The predicted molar refractivity (Wildman–Crippen MR) is 79.5 cm³/mol. The van der Waals surface area contributed by atoms with Crippen LogP contribution >= 0.6 is 11.3 Å². The number of thiophene rings is 1. The summed E-state index contributed by atoms with van der Waals surface area (Å²) in [6, 6.07) is 1.54. The van der Waals surface area contributed by atoms with E-state index in [1.54, 1.807) is 30.2 Å². The van der Waals surface area contributed by atoms with Gasteiger partial charge in [-0.1, -0.05) is 11.8 Å². The molecule has 0 aromatic carbocycles. The van der Waals surface area contributed by atoms with Crippen LogP contribution in [0.5, 0.6) is 0 Å². The normalized spacial score (nSPS) is 11.6. The van der Waals surface area contributed by atoms with E-state index in [-0.39, 0.29) is 18.6 Å². The van der Waals surface area contributed by atoms with Crippen molar-refractivity contribution >= 4 is 17.2 Å². The molecule has 21 heavy (non-hydrogen) atoms. The number of carbonyl (C=O) groups is 1. The van der Waals surface area contributed by atoms with Crippen molar-refractivity contribution in [2.24, 2.45) is 0 Å². The van der Waals surface area contributed by atoms with E-state index in [1.807, 2.05) is 11.4 Å². The second-order valence-electron chi connectivity index (χ2n) is 4.51. The Kier molecular flexibility index (Phi) is 5.09. The van der Waals surface area contributed by atoms with Gasteiger partial charge in [0.2, 0.25) is 5.91 Å². The zero-order valence-corrected chi connectivity index (χ0v) is 12.7. The van der Waals surface area contributed by atoms with Gasteiger partial charge in [0.1, 0.15) is 25.3 Å². The molecule has 1 N–H and O–H groups in total. The molecule has 1 atom stereocenters. The molecule has 0 saturated carbocycles. The summed E-state index contributed by atoms with van der Waals surface area (Å²) in [6.07, 6.45) is 2.94. The summed E-state index contributed by atoms with van der Waals surface area (Å²) in [5.74, 6) is 5.42. The lowest BCUT2D eigenvalue weighted by atomic mass is 10.2. The van der Waals surface area contributed by atoms with Crippen molar-refractivity contribution in [3.8, 4) is 11.8 Å². The van der Waals surface area contributed by atoms with Crippen LogP contribution in [0.3, 0.4) is 0 Å². The monoisotopic (exact) mass is 304 g/mol. The van der Waals surface area contributed by atoms with Gasteiger partial charge < -0.3 is 10.0 Å². The maximum atomic E-state index is 12.3. The average Bonchev–Trinajstić information content (AvgIpc) is 3.15. The molecule has 2 aromatic rings. The first kappa shape index (κ1) is 15.2. The number of carbonyl (C=O) groups excluding carboxylic acids is 1. The lowest BCUT2D eigenvalue weighted by Gasteiger charge is -2.20. The quantitative estimate of drug-likeness (QED) is 0.852. The van der Waals surface area contributed by atoms with Gasteiger partial charge in [0.15, 0.2) is 0 Å². The topological polar surface area (TPSA) is 71.2 Å². The van der Waals surface area contributed by atoms with Gasteiger partial charge in [-0.15, -0.1) is 11.3 Å². The summed E-state index contributed by atoms with van der Waals surface area (Å²) in [6.45, 7) is 2.16. The highest BCUT2D eigenvalue weighted by Crippen LogP contribution is 2.17. The molecule has 1 amide bonds. The number of aromatic nitrogens is 3. The zero-order chi connectivity index (χ0) is 15.2. The fraction of sp³-hybridized carbons (Fsp3) is 0.357. The summed E-state index contributed by atoms with van der Waals surface area (Å²) in [7, 11) is 1.76. The lowest BCUT2D eigenvalue weighted by molar-refractivity contribution is -0.133. The van der Waals surface area contributed by atoms with Crippen molar-refractivity contribution in [3.05, 3.63) is 34.5 Å². The molecule has 0 fully saturated rings. The molecule has 0 aliphatic heterocycles. The Morgan fingerprint density at radius 1 is 1.62 bits per heavy atom. The second-order valence-corrected chi connectivity index (χ2v) is 5.50. The van der Waals surface area contributed by atoms with Gasteiger partial charge >= 0.3 is 0 Å². The van der Waals surface area contributed by atoms with E-state index in [9.17, 15) is 4.79 Å². The number of amides is 1. The van der Waals surface area contributed by atoms with Gasteiger partial charge in [0, 0.05) is 22.9 Å². The van der Waals surface area contributed by atoms with Crippen LogP contribution in [0.25, 0.3) is 0 Å². The van der Waals surface area contributed by atoms with E-state index in [4.69, 9.17) is 5.11 Å². The SMILES string of the molecule is CC(C(=O)N(C)Cc1cc(C#CCO)cs1)n1cncn1. The van der Waals surface area contributed by atoms with E-state index in [2.05, 4.69) is 21.9 Å². The highest BCUT2D eigenvalue weighted by Gasteiger charge is 2.20. The molecule has 110 valence electrons. The molecular weight excluding hydrogens is 288 g/mol. The van der Waals surface area contributed by atoms with E-state index in [1.165, 1.54) is 17.3 Å². The molecule has 6 nitrogen and oxygen atoms in total. The maximum Gasteiger partial charge on any atom is 0.247 e. The Morgan fingerprint density at radius 2 is 2.43 bits per heavy atom. The summed E-state index contributed by atoms with van der Waals surface area (Å²) in [5, 5.41) is 14.6. The van der Waals surface area contributed by atoms with Crippen molar-refractivity contribution in [2.75, 3.05) is 13.7 Å². The first-order valence-electron chi connectivity index (χ1n) is 6.38. The molecular formula is C14H16N4O2S. The highest BCUT2D eigenvalue weighted by molar-refractivity contribution is 7.10. The van der Waals surface area contributed by atoms with Crippen LogP contribution < -0.4 is 0 Å². The van der Waals surface area contributed by atoms with Crippen LogP contribution in [0, 0.1) is 11.8 Å². The van der Waals surface area contributed by atoms with Crippen LogP contribution in [0.4, 0.5) is 0 Å². The van der Waals surface area contributed by atoms with Crippen LogP contribution in [-0.2, 0) is 11.3 Å². The van der Waals surface area contributed by atoms with E-state index < -0.39 is 0 Å². The third-order valence-corrected chi connectivity index (χ3v) is 3.85. The third-order valence-electron chi connectivity index (χ3n) is 2.93. The summed E-state index contributed by atoms with van der Waals surface area (Å²) < 4.78 is 1.53. The molecule has 7 heteroatoms. The van der Waals surface area contributed by atoms with E-state index >= 15 is 0 Å². The molecule has 0 radical (unpaired) electrons. The highest BCUT2D eigenvalue weighted by atomic mass is 32.1. The van der Waals surface area contributed by atoms with Crippen molar-refractivity contribution in [3.63, 3.8) is 0 Å². The van der Waals surface area contributed by atoms with Crippen molar-refractivity contribution in [2.45, 2.75) is 19.5 Å². The molecule has 1 unspecified atom stereocenters. The Labute approximate surface area is 127 Å². The largest absolute Gasteiger partial charge is 0.384 e. The number of likely N-dealkylation sites (N-methyl/N-ethyl adjacent to an activating group) is 1. The van der Waals surface area contributed by atoms with Gasteiger partial charge in [0.25, 0.3) is 0 Å². The zero-order valence-electron chi connectivity index (χ0n) is 11.9. The first-order valence-corrected chi connectivity index (χ1v) is 7.26. The third kappa shape index (κ3) is 3.90. The van der Waals surface area contributed by atoms with Gasteiger partial charge in [-0.2, -0.15) is 5.10 Å². The molecule has 0 aliphatic carbocycles. The van der Waals surface area contributed by atoms with Crippen LogP contribution in [0.1, 0.15) is 23.4 Å².